The molecule has 398 valence electrons. The summed E-state index contributed by atoms with van der Waals surface area (Å²) in [7, 11) is 0. The van der Waals surface area contributed by atoms with Gasteiger partial charge in [0.2, 0.25) is 0 Å². The molecule has 0 saturated carbocycles. The summed E-state index contributed by atoms with van der Waals surface area (Å²) >= 11 is 3.79. The van der Waals surface area contributed by atoms with E-state index in [1.807, 2.05) is 22.7 Å². The zero-order valence-corrected chi connectivity index (χ0v) is 48.3. The minimum atomic E-state index is 1.22. The Morgan fingerprint density at radius 3 is 1.13 bits per heavy atom. The van der Waals surface area contributed by atoms with Gasteiger partial charge in [0.15, 0.2) is 0 Å². The molecule has 0 unspecified atom stereocenters. The fourth-order valence-corrected chi connectivity index (χ4v) is 16.6. The average Bonchev–Trinajstić information content (AvgIpc) is 1.41. The van der Waals surface area contributed by atoms with Gasteiger partial charge in [-0.1, -0.05) is 255 Å². The summed E-state index contributed by atoms with van der Waals surface area (Å²) in [6.07, 6.45) is 0. The summed E-state index contributed by atoms with van der Waals surface area (Å²) in [4.78, 5) is 0. The molecule has 0 N–H and O–H groups in total. The Balaban J connectivity index is 0.673. The second-order valence-corrected chi connectivity index (χ2v) is 25.1. The molecule has 18 aromatic rings. The topological polar surface area (TPSA) is 0 Å². The lowest BCUT2D eigenvalue weighted by atomic mass is 9.86. The quantitative estimate of drug-likeness (QED) is 0.140. The Hall–Kier alpha value is -10.5. The number of rotatable bonds is 7. The van der Waals surface area contributed by atoms with E-state index >= 15 is 0 Å². The molecule has 18 rings (SSSR count). The van der Waals surface area contributed by atoms with Gasteiger partial charge in [0.1, 0.15) is 0 Å². The van der Waals surface area contributed by atoms with Gasteiger partial charge in [0, 0.05) is 40.3 Å². The van der Waals surface area contributed by atoms with Crippen LogP contribution in [0, 0.1) is 0 Å². The Labute approximate surface area is 505 Å². The Bertz CT molecular complexity index is 5710. The van der Waals surface area contributed by atoms with Crippen molar-refractivity contribution < 1.29 is 0 Å². The largest absolute Gasteiger partial charge is 0.135 e. The van der Waals surface area contributed by atoms with Gasteiger partial charge in [0.05, 0.1) is 0 Å². The van der Waals surface area contributed by atoms with Crippen LogP contribution in [0.25, 0.3) is 183 Å². The van der Waals surface area contributed by atoms with Crippen molar-refractivity contribution in [3.63, 3.8) is 0 Å². The van der Waals surface area contributed by atoms with E-state index in [1.165, 1.54) is 183 Å². The van der Waals surface area contributed by atoms with Gasteiger partial charge in [-0.15, -0.1) is 22.7 Å². The van der Waals surface area contributed by atoms with E-state index in [4.69, 9.17) is 0 Å². The molecule has 0 spiro atoms. The summed E-state index contributed by atoms with van der Waals surface area (Å²) in [6, 6.07) is 113. The smallest absolute Gasteiger partial charge is 0.0433 e. The lowest BCUT2D eigenvalue weighted by Crippen LogP contribution is -1.90. The zero-order chi connectivity index (χ0) is 56.4. The molecule has 0 atom stereocenters. The van der Waals surface area contributed by atoms with Crippen LogP contribution in [0.1, 0.15) is 0 Å². The van der Waals surface area contributed by atoms with E-state index in [9.17, 15) is 0 Å². The highest BCUT2D eigenvalue weighted by Crippen LogP contribution is 2.49. The first-order valence-electron chi connectivity index (χ1n) is 29.6. The first-order chi connectivity index (χ1) is 42.6. The van der Waals surface area contributed by atoms with Crippen LogP contribution in [-0.4, -0.2) is 0 Å². The summed E-state index contributed by atoms with van der Waals surface area (Å²) in [5, 5.41) is 20.3. The minimum absolute atomic E-state index is 1.22. The molecular weight excluding hydrogens is 1070 g/mol. The van der Waals surface area contributed by atoms with E-state index in [0.29, 0.717) is 0 Å². The monoisotopic (exact) mass is 1120 g/mol. The van der Waals surface area contributed by atoms with E-state index in [-0.39, 0.29) is 0 Å². The Morgan fingerprint density at radius 2 is 0.547 bits per heavy atom. The lowest BCUT2D eigenvalue weighted by molar-refractivity contribution is 1.66. The first-order valence-corrected chi connectivity index (χ1v) is 31.2. The van der Waals surface area contributed by atoms with Crippen LogP contribution in [0.4, 0.5) is 0 Å². The predicted molar refractivity (Wildman–Crippen MR) is 375 cm³/mol. The van der Waals surface area contributed by atoms with Crippen molar-refractivity contribution in [2.24, 2.45) is 0 Å². The van der Waals surface area contributed by atoms with Gasteiger partial charge in [-0.2, -0.15) is 0 Å². The maximum Gasteiger partial charge on any atom is 0.0433 e. The number of hydrogen-bond acceptors (Lipinski definition) is 2. The summed E-state index contributed by atoms with van der Waals surface area (Å²) < 4.78 is 5.23. The summed E-state index contributed by atoms with van der Waals surface area (Å²) in [6.45, 7) is 0. The number of fused-ring (bicyclic) bond motifs is 12. The molecule has 2 aromatic heterocycles. The van der Waals surface area contributed by atoms with Crippen LogP contribution in [0.3, 0.4) is 0 Å². The number of hydrogen-bond donors (Lipinski definition) is 0. The molecule has 2 heterocycles. The highest BCUT2D eigenvalue weighted by Gasteiger charge is 2.21. The van der Waals surface area contributed by atoms with Crippen LogP contribution >= 0.6 is 22.7 Å². The standard InChI is InChI=1S/C84H50S2/c1-3-17-51(18-4-1)80-66-22-7-11-26-70(66)82(71-27-12-8-23-67(71)80)60-40-44-78-76(49-60)75-48-56(39-43-77(75)85-78)54-33-34-55-46-58(36-35-53(55)45-54)62-30-15-21-57-47-59(37-41-63(57)62)64-31-16-32-74-65-42-38-61(50-79(65)86-84(64)74)83-72-28-13-9-24-68(72)81(52-19-5-2-6-20-52)69-25-10-14-29-73(69)83/h1-50H. The van der Waals surface area contributed by atoms with Crippen molar-refractivity contribution >= 4 is 128 Å². The highest BCUT2D eigenvalue weighted by atomic mass is 32.1. The molecule has 0 saturated heterocycles. The predicted octanol–water partition coefficient (Wildman–Crippen LogP) is 25.0. The average molecular weight is 1120 g/mol. The Kier molecular flexibility index (Phi) is 11.1. The third-order valence-electron chi connectivity index (χ3n) is 18.2. The maximum absolute atomic E-state index is 2.45. The van der Waals surface area contributed by atoms with E-state index in [0.717, 1.165) is 0 Å². The van der Waals surface area contributed by atoms with Crippen LogP contribution < -0.4 is 0 Å². The second-order valence-electron chi connectivity index (χ2n) is 23.0. The van der Waals surface area contributed by atoms with Crippen molar-refractivity contribution in [1.82, 2.24) is 0 Å². The Morgan fingerprint density at radius 1 is 0.163 bits per heavy atom. The van der Waals surface area contributed by atoms with Gasteiger partial charge < -0.3 is 0 Å². The van der Waals surface area contributed by atoms with E-state index in [2.05, 4.69) is 303 Å². The second kappa shape index (κ2) is 19.6. The van der Waals surface area contributed by atoms with Crippen LogP contribution in [0.2, 0.25) is 0 Å². The van der Waals surface area contributed by atoms with Crippen LogP contribution in [-0.2, 0) is 0 Å². The highest BCUT2D eigenvalue weighted by molar-refractivity contribution is 7.26. The van der Waals surface area contributed by atoms with Crippen molar-refractivity contribution in [3.8, 4) is 77.9 Å². The van der Waals surface area contributed by atoms with Crippen molar-refractivity contribution in [2.75, 3.05) is 0 Å². The van der Waals surface area contributed by atoms with Crippen LogP contribution in [0.15, 0.2) is 303 Å². The molecule has 2 heteroatoms. The van der Waals surface area contributed by atoms with Gasteiger partial charge in [0.25, 0.3) is 0 Å². The van der Waals surface area contributed by atoms with Crippen LogP contribution in [0.5, 0.6) is 0 Å². The fraction of sp³-hybridized carbons (Fsp3) is 0. The zero-order valence-electron chi connectivity index (χ0n) is 46.7. The molecular formula is C84H50S2. The molecule has 0 fully saturated rings. The van der Waals surface area contributed by atoms with Gasteiger partial charge in [-0.25, -0.2) is 0 Å². The third kappa shape index (κ3) is 7.74. The SMILES string of the molecule is c1ccc(-c2c3ccccc3c(-c3ccc4c(c3)sc3c(-c5ccc6c(-c7ccc8cc(-c9ccc%10sc%11ccc(-c%12c%13ccccc%13c(-c%13ccccc%13)c%13ccccc%12%13)cc%11c%10c9)ccc8c7)cccc6c5)cccc34)c3ccccc23)cc1. The van der Waals surface area contributed by atoms with Crippen molar-refractivity contribution in [1.29, 1.82) is 0 Å². The fourth-order valence-electron chi connectivity index (χ4n) is 14.3. The maximum atomic E-state index is 2.45. The molecule has 16 aromatic carbocycles. The molecule has 0 bridgehead atoms. The van der Waals surface area contributed by atoms with Gasteiger partial charge in [-0.05, 0) is 191 Å². The molecule has 0 aliphatic rings. The van der Waals surface area contributed by atoms with Crippen molar-refractivity contribution in [3.05, 3.63) is 303 Å². The molecule has 0 radical (unpaired) electrons. The minimum Gasteiger partial charge on any atom is -0.135 e. The summed E-state index contributed by atoms with van der Waals surface area (Å²) in [5.41, 5.74) is 17.5. The normalized spacial score (nSPS) is 12.0. The molecule has 0 nitrogen and oxygen atoms in total. The number of benzene rings is 16. The first kappa shape index (κ1) is 49.0. The molecule has 0 amide bonds. The van der Waals surface area contributed by atoms with E-state index in [1.54, 1.807) is 0 Å². The molecule has 86 heavy (non-hydrogen) atoms. The number of thiophene rings is 2. The lowest BCUT2D eigenvalue weighted by Gasteiger charge is -2.17. The van der Waals surface area contributed by atoms with E-state index < -0.39 is 0 Å². The summed E-state index contributed by atoms with van der Waals surface area (Å²) in [5.74, 6) is 0. The third-order valence-corrected chi connectivity index (χ3v) is 20.6. The van der Waals surface area contributed by atoms with Gasteiger partial charge >= 0.3 is 0 Å². The molecule has 0 aliphatic carbocycles. The van der Waals surface area contributed by atoms with Gasteiger partial charge in [-0.3, -0.25) is 0 Å². The molecule has 0 aliphatic heterocycles. The van der Waals surface area contributed by atoms with Crippen molar-refractivity contribution in [2.45, 2.75) is 0 Å².